The van der Waals surface area contributed by atoms with Gasteiger partial charge in [0.05, 0.1) is 23.6 Å². The van der Waals surface area contributed by atoms with Crippen molar-refractivity contribution in [2.75, 3.05) is 25.0 Å². The minimum Gasteiger partial charge on any atom is -0.378 e. The molecule has 0 radical (unpaired) electrons. The quantitative estimate of drug-likeness (QED) is 0.337. The maximum absolute atomic E-state index is 11.4. The van der Waals surface area contributed by atoms with Gasteiger partial charge in [0.25, 0.3) is 0 Å². The van der Waals surface area contributed by atoms with Crippen LogP contribution in [0.15, 0.2) is 79.5 Å². The molecule has 0 aliphatic carbocycles. The zero-order valence-corrected chi connectivity index (χ0v) is 21.4. The molecule has 8 nitrogen and oxygen atoms in total. The molecule has 1 aliphatic rings. The molecule has 38 heavy (non-hydrogen) atoms. The Bertz CT molecular complexity index is 1590. The summed E-state index contributed by atoms with van der Waals surface area (Å²) < 4.78 is 2.14. The smallest absolute Gasteiger partial charge is 0.231 e. The monoisotopic (exact) mass is 505 g/mol. The largest absolute Gasteiger partial charge is 0.378 e. The molecule has 1 aliphatic heterocycles. The number of hydrogen-bond donors (Lipinski definition) is 2. The van der Waals surface area contributed by atoms with Crippen molar-refractivity contribution < 1.29 is 4.79 Å². The van der Waals surface area contributed by atoms with Crippen LogP contribution in [0.3, 0.4) is 0 Å². The summed E-state index contributed by atoms with van der Waals surface area (Å²) in [6, 6.07) is 17.1. The Kier molecular flexibility index (Phi) is 6.47. The number of primary amides is 1. The first-order valence-electron chi connectivity index (χ1n) is 13.0. The van der Waals surface area contributed by atoms with Crippen LogP contribution in [0.2, 0.25) is 0 Å². The third-order valence-electron chi connectivity index (χ3n) is 7.62. The van der Waals surface area contributed by atoms with Gasteiger partial charge in [-0.15, -0.1) is 0 Å². The molecule has 2 aromatic carbocycles. The maximum Gasteiger partial charge on any atom is 0.231 e. The summed E-state index contributed by atoms with van der Waals surface area (Å²) in [5.41, 5.74) is 12.6. The van der Waals surface area contributed by atoms with Gasteiger partial charge in [-0.1, -0.05) is 18.2 Å². The lowest BCUT2D eigenvalue weighted by Crippen LogP contribution is -2.41. The Morgan fingerprint density at radius 2 is 1.92 bits per heavy atom. The van der Waals surface area contributed by atoms with Crippen LogP contribution in [0.5, 0.6) is 0 Å². The van der Waals surface area contributed by atoms with Gasteiger partial charge in [-0.2, -0.15) is 0 Å². The third kappa shape index (κ3) is 4.82. The second kappa shape index (κ2) is 10.2. The minimum atomic E-state index is -0.274. The van der Waals surface area contributed by atoms with Gasteiger partial charge in [-0.3, -0.25) is 24.6 Å². The fourth-order valence-electron chi connectivity index (χ4n) is 5.69. The number of nitrogens with two attached hydrogens (primary N) is 1. The molecule has 4 heterocycles. The van der Waals surface area contributed by atoms with Crippen LogP contribution in [0.4, 0.5) is 5.69 Å². The number of pyridine rings is 1. The topological polar surface area (TPSA) is 102 Å². The summed E-state index contributed by atoms with van der Waals surface area (Å²) in [7, 11) is 2.06. The Labute approximate surface area is 221 Å². The van der Waals surface area contributed by atoms with Gasteiger partial charge in [-0.05, 0) is 78.7 Å². The number of carbonyl (C=O) groups excluding carboxylic acids is 1. The molecule has 1 amide bonds. The first-order chi connectivity index (χ1) is 18.5. The van der Waals surface area contributed by atoms with Crippen LogP contribution < -0.4 is 11.1 Å². The van der Waals surface area contributed by atoms with E-state index in [0.29, 0.717) is 12.5 Å². The van der Waals surface area contributed by atoms with Crippen molar-refractivity contribution in [3.05, 3.63) is 85.1 Å². The molecule has 6 rings (SSSR count). The number of likely N-dealkylation sites (tertiary alicyclic amines) is 1. The van der Waals surface area contributed by atoms with Crippen molar-refractivity contribution in [3.8, 4) is 11.1 Å². The molecule has 3 aromatic heterocycles. The van der Waals surface area contributed by atoms with Crippen LogP contribution in [0, 0.1) is 5.92 Å². The number of carbonyl (C=O) groups is 1. The minimum absolute atomic E-state index is 0.0664. The van der Waals surface area contributed by atoms with E-state index in [4.69, 9.17) is 10.7 Å². The SMILES string of the molecule is Cn1ccc2ccc(-c3cc(NC(c4cccnc4)C4CCN(CC(N)=O)CC4)cc4nccnc34)cc21. The molecule has 192 valence electrons. The third-order valence-corrected chi connectivity index (χ3v) is 7.62. The molecule has 0 spiro atoms. The highest BCUT2D eigenvalue weighted by Gasteiger charge is 2.29. The summed E-state index contributed by atoms with van der Waals surface area (Å²) in [4.78, 5) is 27.3. The Hall–Kier alpha value is -4.30. The van der Waals surface area contributed by atoms with E-state index in [1.165, 1.54) is 10.9 Å². The molecule has 0 bridgehead atoms. The lowest BCUT2D eigenvalue weighted by atomic mass is 9.85. The standard InChI is InChI=1S/C30H31N7O/c1-36-12-6-20-4-5-22(15-27(20)36)25-16-24(17-26-30(25)34-11-10-33-26)35-29(23-3-2-9-32-18-23)21-7-13-37(14-8-21)19-28(31)38/h2-6,9-12,15-18,21,29,35H,7-8,13-14,19H2,1H3,(H2,31,38). The number of aromatic nitrogens is 4. The fourth-order valence-corrected chi connectivity index (χ4v) is 5.69. The van der Waals surface area contributed by atoms with Gasteiger partial charge < -0.3 is 15.6 Å². The molecule has 1 fully saturated rings. The number of benzene rings is 2. The summed E-state index contributed by atoms with van der Waals surface area (Å²) in [6.45, 7) is 2.00. The lowest BCUT2D eigenvalue weighted by Gasteiger charge is -2.36. The maximum atomic E-state index is 11.4. The average molecular weight is 506 g/mol. The van der Waals surface area contributed by atoms with Gasteiger partial charge in [0, 0.05) is 54.8 Å². The predicted octanol–water partition coefficient (Wildman–Crippen LogP) is 4.53. The second-order valence-electron chi connectivity index (χ2n) is 10.1. The van der Waals surface area contributed by atoms with E-state index in [-0.39, 0.29) is 11.9 Å². The van der Waals surface area contributed by atoms with Gasteiger partial charge >= 0.3 is 0 Å². The van der Waals surface area contributed by atoms with Crippen molar-refractivity contribution in [1.29, 1.82) is 0 Å². The molecule has 8 heteroatoms. The first kappa shape index (κ1) is 24.1. The van der Waals surface area contributed by atoms with Crippen molar-refractivity contribution in [2.24, 2.45) is 18.7 Å². The van der Waals surface area contributed by atoms with Crippen LogP contribution in [-0.4, -0.2) is 50.0 Å². The number of piperidine rings is 1. The number of nitrogens with one attached hydrogen (secondary N) is 1. The molecular weight excluding hydrogens is 474 g/mol. The molecule has 1 unspecified atom stereocenters. The van der Waals surface area contributed by atoms with Crippen molar-refractivity contribution in [2.45, 2.75) is 18.9 Å². The summed E-state index contributed by atoms with van der Waals surface area (Å²) >= 11 is 0. The lowest BCUT2D eigenvalue weighted by molar-refractivity contribution is -0.119. The number of anilines is 1. The van der Waals surface area contributed by atoms with E-state index in [2.05, 4.69) is 80.5 Å². The number of amides is 1. The van der Waals surface area contributed by atoms with Crippen LogP contribution in [0.25, 0.3) is 33.1 Å². The average Bonchev–Trinajstić information content (AvgIpc) is 3.32. The number of nitrogens with zero attached hydrogens (tertiary/aromatic N) is 5. The molecule has 1 atom stereocenters. The highest BCUT2D eigenvalue weighted by molar-refractivity contribution is 5.97. The molecule has 0 saturated carbocycles. The Morgan fingerprint density at radius 1 is 1.08 bits per heavy atom. The van der Waals surface area contributed by atoms with Gasteiger partial charge in [0.1, 0.15) is 0 Å². The van der Waals surface area contributed by atoms with Crippen LogP contribution in [-0.2, 0) is 11.8 Å². The summed E-state index contributed by atoms with van der Waals surface area (Å²) in [5, 5.41) is 5.05. The summed E-state index contributed by atoms with van der Waals surface area (Å²) in [6.07, 6.45) is 11.2. The number of fused-ring (bicyclic) bond motifs is 2. The van der Waals surface area contributed by atoms with E-state index in [1.54, 1.807) is 18.6 Å². The molecule has 1 saturated heterocycles. The van der Waals surface area contributed by atoms with Gasteiger partial charge in [-0.25, -0.2) is 0 Å². The Balaban J connectivity index is 1.37. The van der Waals surface area contributed by atoms with Crippen LogP contribution >= 0.6 is 0 Å². The van der Waals surface area contributed by atoms with E-state index >= 15 is 0 Å². The fraction of sp³-hybridized carbons (Fsp3) is 0.267. The number of rotatable bonds is 7. The zero-order valence-electron chi connectivity index (χ0n) is 21.4. The Morgan fingerprint density at radius 3 is 2.71 bits per heavy atom. The highest BCUT2D eigenvalue weighted by Crippen LogP contribution is 2.37. The zero-order chi connectivity index (χ0) is 26.1. The molecule has 3 N–H and O–H groups in total. The normalized spacial score (nSPS) is 15.6. The van der Waals surface area contributed by atoms with E-state index < -0.39 is 0 Å². The second-order valence-corrected chi connectivity index (χ2v) is 10.1. The predicted molar refractivity (Wildman–Crippen MR) is 150 cm³/mol. The molecule has 5 aromatic rings. The van der Waals surface area contributed by atoms with Crippen molar-refractivity contribution >= 4 is 33.5 Å². The van der Waals surface area contributed by atoms with E-state index in [0.717, 1.165) is 59.3 Å². The van der Waals surface area contributed by atoms with Gasteiger partial charge in [0.15, 0.2) is 0 Å². The van der Waals surface area contributed by atoms with E-state index in [9.17, 15) is 4.79 Å². The number of hydrogen-bond acceptors (Lipinski definition) is 6. The van der Waals surface area contributed by atoms with Crippen molar-refractivity contribution in [3.63, 3.8) is 0 Å². The van der Waals surface area contributed by atoms with Crippen molar-refractivity contribution in [1.82, 2.24) is 24.4 Å². The molecular formula is C30H31N7O. The number of aryl methyl sites for hydroxylation is 1. The van der Waals surface area contributed by atoms with Crippen LogP contribution in [0.1, 0.15) is 24.4 Å². The van der Waals surface area contributed by atoms with Gasteiger partial charge in [0.2, 0.25) is 5.91 Å². The first-order valence-corrected chi connectivity index (χ1v) is 13.0. The highest BCUT2D eigenvalue weighted by atomic mass is 16.1. The summed E-state index contributed by atoms with van der Waals surface area (Å²) in [5.74, 6) is 0.104. The van der Waals surface area contributed by atoms with E-state index in [1.807, 2.05) is 12.3 Å².